The molecule has 0 saturated heterocycles. The van der Waals surface area contributed by atoms with Gasteiger partial charge in [-0.25, -0.2) is 9.78 Å². The van der Waals surface area contributed by atoms with Crippen LogP contribution < -0.4 is 14.8 Å². The maximum Gasteiger partial charge on any atom is 0.355 e. The number of rotatable bonds is 8. The van der Waals surface area contributed by atoms with E-state index in [2.05, 4.69) is 12.1 Å². The van der Waals surface area contributed by atoms with E-state index in [9.17, 15) is 14.4 Å². The number of carbonyl (C=O) groups excluding carboxylic acids is 2. The molecule has 9 nitrogen and oxygen atoms in total. The normalized spacial score (nSPS) is 16.4. The van der Waals surface area contributed by atoms with Gasteiger partial charge in [0, 0.05) is 16.5 Å². The van der Waals surface area contributed by atoms with E-state index in [4.69, 9.17) is 23.9 Å². The van der Waals surface area contributed by atoms with E-state index in [1.807, 2.05) is 53.5 Å². The molecule has 3 aromatic carbocycles. The average molecular weight is 680 g/mol. The molecule has 1 atom stereocenters. The van der Waals surface area contributed by atoms with E-state index in [-0.39, 0.29) is 45.7 Å². The quantitative estimate of drug-likeness (QED) is 0.121. The summed E-state index contributed by atoms with van der Waals surface area (Å²) in [4.78, 5) is 46.9. The molecule has 0 fully saturated rings. The van der Waals surface area contributed by atoms with E-state index in [0.717, 1.165) is 16.5 Å². The number of fused-ring (bicyclic) bond motifs is 5. The molecule has 5 aromatic rings. The number of cyclic esters (lactones) is 1. The molecule has 0 unspecified atom stereocenters. The van der Waals surface area contributed by atoms with Crippen molar-refractivity contribution in [2.45, 2.75) is 38.7 Å². The van der Waals surface area contributed by atoms with Gasteiger partial charge < -0.3 is 9.30 Å². The maximum absolute atomic E-state index is 13.7. The minimum absolute atomic E-state index is 0.0416. The first-order valence-electron chi connectivity index (χ1n) is 14.8. The third-order valence-electron chi connectivity index (χ3n) is 8.13. The molecule has 4 heterocycles. The number of hydrogen-bond donors (Lipinski definition) is 0. The second kappa shape index (κ2) is 12.3. The smallest absolute Gasteiger partial charge is 0.355 e. The Balaban J connectivity index is 1.07. The number of para-hydroxylation sites is 1. The summed E-state index contributed by atoms with van der Waals surface area (Å²) in [6.45, 7) is 1.74. The van der Waals surface area contributed by atoms with Crippen molar-refractivity contribution >= 4 is 42.4 Å². The summed E-state index contributed by atoms with van der Waals surface area (Å²) in [5, 5.41) is 0.970. The molecule has 2 aliphatic heterocycles. The molecule has 230 valence electrons. The van der Waals surface area contributed by atoms with Crippen LogP contribution in [0.3, 0.4) is 0 Å². The van der Waals surface area contributed by atoms with Gasteiger partial charge in [-0.2, -0.15) is 0 Å². The number of esters is 1. The molecular formula is C36H28N2O7Se. The summed E-state index contributed by atoms with van der Waals surface area (Å²) in [5.41, 5.74) is 2.02. The van der Waals surface area contributed by atoms with Gasteiger partial charge in [0.15, 0.2) is 0 Å². The van der Waals surface area contributed by atoms with E-state index < -0.39 is 17.7 Å². The average Bonchev–Trinajstić information content (AvgIpc) is 3.44. The summed E-state index contributed by atoms with van der Waals surface area (Å²) < 4.78 is 25.1. The molecular weight excluding hydrogens is 651 g/mol. The van der Waals surface area contributed by atoms with Gasteiger partial charge in [0.2, 0.25) is 0 Å². The number of carbonyl (C=O) groups is 2. The Kier molecular flexibility index (Phi) is 7.90. The van der Waals surface area contributed by atoms with Gasteiger partial charge >= 0.3 is 140 Å². The molecule has 7 rings (SSSR count). The van der Waals surface area contributed by atoms with E-state index in [0.29, 0.717) is 34.8 Å². The van der Waals surface area contributed by atoms with Gasteiger partial charge in [-0.3, -0.25) is 4.79 Å². The third kappa shape index (κ3) is 5.46. The van der Waals surface area contributed by atoms with Crippen LogP contribution in [0.4, 0.5) is 4.79 Å². The van der Waals surface area contributed by atoms with Crippen molar-refractivity contribution in [2.24, 2.45) is 0 Å². The predicted molar refractivity (Wildman–Crippen MR) is 172 cm³/mol. The summed E-state index contributed by atoms with van der Waals surface area (Å²) >= 11 is 0.168. The Labute approximate surface area is 270 Å². The van der Waals surface area contributed by atoms with E-state index >= 15 is 0 Å². The molecule has 0 bridgehead atoms. The van der Waals surface area contributed by atoms with Crippen molar-refractivity contribution in [3.63, 3.8) is 0 Å². The number of aromatic nitrogens is 2. The van der Waals surface area contributed by atoms with Crippen LogP contribution >= 0.6 is 0 Å². The fourth-order valence-corrected chi connectivity index (χ4v) is 6.99. The minimum atomic E-state index is -1.84. The Hall–Kier alpha value is -5.18. The van der Waals surface area contributed by atoms with Gasteiger partial charge in [0.05, 0.1) is 29.0 Å². The molecule has 0 radical (unpaired) electrons. The van der Waals surface area contributed by atoms with Gasteiger partial charge in [-0.05, 0) is 24.6 Å². The molecule has 0 N–H and O–H groups in total. The fraction of sp³-hybridized carbons (Fsp3) is 0.167. The Morgan fingerprint density at radius 2 is 1.80 bits per heavy atom. The third-order valence-corrected chi connectivity index (χ3v) is 9.79. The zero-order valence-corrected chi connectivity index (χ0v) is 26.5. The van der Waals surface area contributed by atoms with Crippen molar-refractivity contribution in [3.8, 4) is 17.1 Å². The minimum Gasteiger partial charge on any atom is -0.457 e. The first-order chi connectivity index (χ1) is 22.4. The van der Waals surface area contributed by atoms with Crippen LogP contribution in [0.15, 0.2) is 107 Å². The largest absolute Gasteiger partial charge is 0.457 e. The topological polar surface area (TPSA) is 106 Å². The Morgan fingerprint density at radius 1 is 1.02 bits per heavy atom. The molecule has 0 amide bonds. The van der Waals surface area contributed by atoms with Crippen LogP contribution in [0, 0.1) is 0 Å². The number of benzene rings is 3. The van der Waals surface area contributed by atoms with Crippen LogP contribution in [0.25, 0.3) is 22.3 Å². The van der Waals surface area contributed by atoms with Gasteiger partial charge in [-0.15, -0.1) is 0 Å². The fourth-order valence-electron chi connectivity index (χ4n) is 5.77. The monoisotopic (exact) mass is 680 g/mol. The van der Waals surface area contributed by atoms with Crippen LogP contribution in [-0.2, 0) is 44.4 Å². The van der Waals surface area contributed by atoms with Gasteiger partial charge in [0.25, 0.3) is 5.56 Å². The number of pyridine rings is 2. The molecule has 46 heavy (non-hydrogen) atoms. The first-order valence-corrected chi connectivity index (χ1v) is 16.6. The summed E-state index contributed by atoms with van der Waals surface area (Å²) in [5.74, 6) is -0.113. The first kappa shape index (κ1) is 29.5. The number of hydrogen-bond acceptors (Lipinski definition) is 8. The van der Waals surface area contributed by atoms with Crippen molar-refractivity contribution in [2.75, 3.05) is 0 Å². The van der Waals surface area contributed by atoms with Crippen LogP contribution in [0.2, 0.25) is 0 Å². The van der Waals surface area contributed by atoms with Gasteiger partial charge in [-0.1, -0.05) is 25.1 Å². The zero-order chi connectivity index (χ0) is 31.7. The molecule has 10 heteroatoms. The Morgan fingerprint density at radius 3 is 2.61 bits per heavy atom. The van der Waals surface area contributed by atoms with E-state index in [1.165, 1.54) is 4.46 Å². The van der Waals surface area contributed by atoms with Crippen LogP contribution in [-0.4, -0.2) is 36.6 Å². The van der Waals surface area contributed by atoms with Crippen LogP contribution in [0.5, 0.6) is 5.75 Å². The van der Waals surface area contributed by atoms with Crippen molar-refractivity contribution in [1.29, 1.82) is 0 Å². The van der Waals surface area contributed by atoms with Gasteiger partial charge in [0.1, 0.15) is 6.61 Å². The maximum atomic E-state index is 13.7. The summed E-state index contributed by atoms with van der Waals surface area (Å²) in [7, 11) is 0. The number of ether oxygens (including phenoxy) is 4. The summed E-state index contributed by atoms with van der Waals surface area (Å²) in [6, 6.07) is 28.7. The standard InChI is InChI=1S/C36H28N2O7Se/c1-2-36(45-35(41)44-21-23-12-14-26(15-13-23)42-16-17-46-27-9-4-3-5-10-27)29-19-31-32-25(18-24-8-6-7-11-30(24)37-32)20-38(31)33(39)28(29)22-43-34(36)40/h3-19H,2,20-22H2,1H3/b17-16+/t36-/m0/s1. The molecule has 0 aliphatic carbocycles. The second-order valence-corrected chi connectivity index (χ2v) is 12.9. The van der Waals surface area contributed by atoms with Crippen LogP contribution in [0.1, 0.15) is 35.6 Å². The van der Waals surface area contributed by atoms with E-state index in [1.54, 1.807) is 48.1 Å². The van der Waals surface area contributed by atoms with Crippen molar-refractivity contribution < 1.29 is 28.5 Å². The molecule has 0 saturated carbocycles. The number of nitrogens with zero attached hydrogens (tertiary/aromatic N) is 2. The second-order valence-electron chi connectivity index (χ2n) is 10.9. The SMILES string of the molecule is CC[C@@]1(OC(=O)OCc2ccc(O/C=C/[Se]c3ccccc3)cc2)C(=O)OCc2c1cc1n(c2=O)Cc2cc3ccccc3nc2-1. The van der Waals surface area contributed by atoms with Crippen molar-refractivity contribution in [1.82, 2.24) is 9.55 Å². The summed E-state index contributed by atoms with van der Waals surface area (Å²) in [6.07, 6.45) is 0.655. The molecule has 2 aromatic heterocycles. The predicted octanol–water partition coefficient (Wildman–Crippen LogP) is 5.32. The zero-order valence-electron chi connectivity index (χ0n) is 24.8. The molecule has 2 aliphatic rings. The Bertz CT molecular complexity index is 2060. The molecule has 0 spiro atoms. The van der Waals surface area contributed by atoms with Crippen molar-refractivity contribution in [3.05, 3.63) is 135 Å².